The lowest BCUT2D eigenvalue weighted by molar-refractivity contribution is -0.123. The van der Waals surface area contributed by atoms with Crippen molar-refractivity contribution >= 4 is 30.7 Å². The Morgan fingerprint density at radius 3 is 2.73 bits per heavy atom. The number of hydrogen-bond donors (Lipinski definition) is 2. The summed E-state index contributed by atoms with van der Waals surface area (Å²) >= 11 is 0. The second-order valence-electron chi connectivity index (χ2n) is 5.25. The minimum absolute atomic E-state index is 0. The van der Waals surface area contributed by atoms with Crippen LogP contribution in [-0.2, 0) is 16.1 Å². The molecule has 1 aliphatic heterocycles. The predicted octanol–water partition coefficient (Wildman–Crippen LogP) is 1.19. The van der Waals surface area contributed by atoms with E-state index < -0.39 is 6.04 Å². The Morgan fingerprint density at radius 1 is 1.41 bits per heavy atom. The van der Waals surface area contributed by atoms with Crippen molar-refractivity contribution in [3.05, 3.63) is 35.9 Å². The first-order chi connectivity index (χ1) is 9.65. The van der Waals surface area contributed by atoms with Crippen molar-refractivity contribution in [2.45, 2.75) is 25.6 Å². The number of ether oxygens (including phenoxy) is 1. The molecular formula is C15H25Cl2N3O2. The molecule has 1 amide bonds. The summed E-state index contributed by atoms with van der Waals surface area (Å²) in [5.74, 6) is -0.131. The van der Waals surface area contributed by atoms with Crippen molar-refractivity contribution in [1.82, 2.24) is 10.2 Å². The van der Waals surface area contributed by atoms with E-state index in [2.05, 4.69) is 34.5 Å². The first kappa shape index (κ1) is 21.1. The molecule has 2 atom stereocenters. The molecule has 1 aliphatic rings. The number of rotatable bonds is 5. The van der Waals surface area contributed by atoms with E-state index >= 15 is 0 Å². The lowest BCUT2D eigenvalue weighted by Gasteiger charge is -2.33. The molecule has 1 unspecified atom stereocenters. The smallest absolute Gasteiger partial charge is 0.236 e. The summed E-state index contributed by atoms with van der Waals surface area (Å²) in [5.41, 5.74) is 6.82. The number of benzene rings is 1. The molecule has 1 fully saturated rings. The lowest BCUT2D eigenvalue weighted by Crippen LogP contribution is -2.49. The fourth-order valence-electron chi connectivity index (χ4n) is 2.26. The van der Waals surface area contributed by atoms with Crippen molar-refractivity contribution in [3.63, 3.8) is 0 Å². The molecule has 3 N–H and O–H groups in total. The molecule has 1 aromatic rings. The first-order valence-electron chi connectivity index (χ1n) is 7.06. The fourth-order valence-corrected chi connectivity index (χ4v) is 2.26. The van der Waals surface area contributed by atoms with Gasteiger partial charge in [-0.15, -0.1) is 24.8 Å². The molecule has 0 aliphatic carbocycles. The highest BCUT2D eigenvalue weighted by molar-refractivity contribution is 5.85. The van der Waals surface area contributed by atoms with Crippen LogP contribution in [0.1, 0.15) is 12.5 Å². The van der Waals surface area contributed by atoms with Gasteiger partial charge in [-0.25, -0.2) is 0 Å². The molecule has 1 aromatic carbocycles. The van der Waals surface area contributed by atoms with Crippen molar-refractivity contribution in [2.75, 3.05) is 26.2 Å². The second-order valence-corrected chi connectivity index (χ2v) is 5.25. The summed E-state index contributed by atoms with van der Waals surface area (Å²) in [6.45, 7) is 5.57. The number of hydrogen-bond acceptors (Lipinski definition) is 4. The molecule has 0 spiro atoms. The molecule has 1 saturated heterocycles. The summed E-state index contributed by atoms with van der Waals surface area (Å²) in [7, 11) is 0. The zero-order valence-electron chi connectivity index (χ0n) is 12.7. The zero-order chi connectivity index (χ0) is 14.4. The summed E-state index contributed by atoms with van der Waals surface area (Å²) in [5, 5.41) is 2.82. The van der Waals surface area contributed by atoms with E-state index in [1.54, 1.807) is 6.92 Å². The van der Waals surface area contributed by atoms with E-state index in [-0.39, 0.29) is 36.8 Å². The molecule has 0 aromatic heterocycles. The van der Waals surface area contributed by atoms with Gasteiger partial charge in [-0.1, -0.05) is 30.3 Å². The van der Waals surface area contributed by atoms with E-state index in [1.165, 1.54) is 5.56 Å². The van der Waals surface area contributed by atoms with Gasteiger partial charge in [0.25, 0.3) is 0 Å². The van der Waals surface area contributed by atoms with Gasteiger partial charge in [-0.2, -0.15) is 0 Å². The minimum Gasteiger partial charge on any atom is -0.374 e. The maximum atomic E-state index is 11.5. The number of nitrogens with two attached hydrogens (primary N) is 1. The molecule has 22 heavy (non-hydrogen) atoms. The van der Waals surface area contributed by atoms with Gasteiger partial charge in [0.1, 0.15) is 0 Å². The van der Waals surface area contributed by atoms with Gasteiger partial charge in [0.05, 0.1) is 18.8 Å². The molecular weight excluding hydrogens is 325 g/mol. The van der Waals surface area contributed by atoms with Gasteiger partial charge in [-0.05, 0) is 12.5 Å². The topological polar surface area (TPSA) is 67.6 Å². The monoisotopic (exact) mass is 349 g/mol. The fraction of sp³-hybridized carbons (Fsp3) is 0.533. The average molecular weight is 350 g/mol. The third kappa shape index (κ3) is 6.94. The number of halogens is 2. The Balaban J connectivity index is 0.00000220. The van der Waals surface area contributed by atoms with Crippen molar-refractivity contribution < 1.29 is 9.53 Å². The third-order valence-electron chi connectivity index (χ3n) is 3.39. The number of morpholine rings is 1. The summed E-state index contributed by atoms with van der Waals surface area (Å²) in [6, 6.07) is 9.91. The molecule has 0 bridgehead atoms. The van der Waals surface area contributed by atoms with Crippen molar-refractivity contribution in [3.8, 4) is 0 Å². The second kappa shape index (κ2) is 10.8. The van der Waals surface area contributed by atoms with Gasteiger partial charge in [-0.3, -0.25) is 9.69 Å². The molecule has 0 radical (unpaired) electrons. The molecule has 0 saturated carbocycles. The Kier molecular flexibility index (Phi) is 10.4. The predicted molar refractivity (Wildman–Crippen MR) is 92.6 cm³/mol. The highest BCUT2D eigenvalue weighted by atomic mass is 35.5. The van der Waals surface area contributed by atoms with Crippen molar-refractivity contribution in [2.24, 2.45) is 5.73 Å². The highest BCUT2D eigenvalue weighted by Gasteiger charge is 2.21. The SMILES string of the molecule is C[C@@H](N)C(=O)NCC1CN(Cc2ccccc2)CCO1.Cl.Cl. The number of carbonyl (C=O) groups excluding carboxylic acids is 1. The third-order valence-corrected chi connectivity index (χ3v) is 3.39. The normalized spacial score (nSPS) is 19.5. The molecule has 126 valence electrons. The number of nitrogens with one attached hydrogen (secondary N) is 1. The molecule has 7 heteroatoms. The van der Waals surface area contributed by atoms with Crippen LogP contribution in [0.4, 0.5) is 0 Å². The molecule has 5 nitrogen and oxygen atoms in total. The minimum atomic E-state index is -0.473. The van der Waals surface area contributed by atoms with Gasteiger partial charge in [0.15, 0.2) is 0 Å². The number of nitrogens with zero attached hydrogens (tertiary/aromatic N) is 1. The van der Waals surface area contributed by atoms with Crippen LogP contribution in [0, 0.1) is 0 Å². The van der Waals surface area contributed by atoms with Gasteiger partial charge >= 0.3 is 0 Å². The average Bonchev–Trinajstić information content (AvgIpc) is 2.46. The van der Waals surface area contributed by atoms with Crippen molar-refractivity contribution in [1.29, 1.82) is 0 Å². The van der Waals surface area contributed by atoms with Crippen LogP contribution in [0.5, 0.6) is 0 Å². The molecule has 2 rings (SSSR count). The zero-order valence-corrected chi connectivity index (χ0v) is 14.4. The first-order valence-corrected chi connectivity index (χ1v) is 7.06. The van der Waals surface area contributed by atoms with Gasteiger partial charge in [0, 0.05) is 26.2 Å². The Labute approximate surface area is 144 Å². The molecule has 1 heterocycles. The Hall–Kier alpha value is -0.850. The van der Waals surface area contributed by atoms with E-state index in [1.807, 2.05) is 6.07 Å². The van der Waals surface area contributed by atoms with Crippen LogP contribution in [0.25, 0.3) is 0 Å². The van der Waals surface area contributed by atoms with Crippen LogP contribution < -0.4 is 11.1 Å². The summed E-state index contributed by atoms with van der Waals surface area (Å²) < 4.78 is 5.68. The largest absolute Gasteiger partial charge is 0.374 e. The number of carbonyl (C=O) groups is 1. The maximum absolute atomic E-state index is 11.5. The van der Waals surface area contributed by atoms with Crippen LogP contribution >= 0.6 is 24.8 Å². The standard InChI is InChI=1S/C15H23N3O2.2ClH/c1-12(16)15(19)17-9-14-11-18(7-8-20-14)10-13-5-3-2-4-6-13;;/h2-6,12,14H,7-11,16H2,1H3,(H,17,19);2*1H/t12-,14?;;/m1../s1. The van der Waals surface area contributed by atoms with Crippen LogP contribution in [0.15, 0.2) is 30.3 Å². The van der Waals surface area contributed by atoms with Crippen LogP contribution in [0.3, 0.4) is 0 Å². The Bertz CT molecular complexity index is 432. The van der Waals surface area contributed by atoms with E-state index in [0.717, 1.165) is 19.6 Å². The highest BCUT2D eigenvalue weighted by Crippen LogP contribution is 2.10. The summed E-state index contributed by atoms with van der Waals surface area (Å²) in [4.78, 5) is 13.8. The van der Waals surface area contributed by atoms with Crippen LogP contribution in [-0.4, -0.2) is 49.2 Å². The van der Waals surface area contributed by atoms with Gasteiger partial charge in [0.2, 0.25) is 5.91 Å². The van der Waals surface area contributed by atoms with E-state index in [0.29, 0.717) is 13.2 Å². The van der Waals surface area contributed by atoms with Crippen LogP contribution in [0.2, 0.25) is 0 Å². The van der Waals surface area contributed by atoms with E-state index in [4.69, 9.17) is 10.5 Å². The maximum Gasteiger partial charge on any atom is 0.236 e. The van der Waals surface area contributed by atoms with E-state index in [9.17, 15) is 4.79 Å². The van der Waals surface area contributed by atoms with Gasteiger partial charge < -0.3 is 15.8 Å². The quantitative estimate of drug-likeness (QED) is 0.837. The Morgan fingerprint density at radius 2 is 2.09 bits per heavy atom. The lowest BCUT2D eigenvalue weighted by atomic mass is 10.2. The summed E-state index contributed by atoms with van der Waals surface area (Å²) in [6.07, 6.45) is 0.0372. The number of amides is 1.